The molecule has 1 heterocycles. The lowest BCUT2D eigenvalue weighted by Gasteiger charge is -2.09. The van der Waals surface area contributed by atoms with E-state index < -0.39 is 5.97 Å². The molecule has 0 aliphatic rings. The number of ether oxygens (including phenoxy) is 1. The summed E-state index contributed by atoms with van der Waals surface area (Å²) < 4.78 is 5.40. The van der Waals surface area contributed by atoms with Gasteiger partial charge in [0.15, 0.2) is 0 Å². The Bertz CT molecular complexity index is 396. The zero-order valence-electron chi connectivity index (χ0n) is 9.50. The van der Waals surface area contributed by atoms with Crippen LogP contribution in [0.25, 0.3) is 0 Å². The van der Waals surface area contributed by atoms with Crippen molar-refractivity contribution in [2.75, 3.05) is 19.5 Å². The van der Waals surface area contributed by atoms with Gasteiger partial charge in [0.05, 0.1) is 17.3 Å². The van der Waals surface area contributed by atoms with Gasteiger partial charge in [-0.3, -0.25) is 0 Å². The molecule has 16 heavy (non-hydrogen) atoms. The number of hydrogen-bond donors (Lipinski definition) is 1. The number of carbonyl (C=O) groups excluding carboxylic acids is 1. The van der Waals surface area contributed by atoms with Gasteiger partial charge in [0.2, 0.25) is 5.82 Å². The third-order valence-electron chi connectivity index (χ3n) is 2.01. The van der Waals surface area contributed by atoms with Crippen molar-refractivity contribution in [1.82, 2.24) is 9.97 Å². The molecule has 88 valence electrons. The highest BCUT2D eigenvalue weighted by Gasteiger charge is 2.16. The molecule has 0 aromatic carbocycles. The number of aromatic nitrogens is 2. The number of esters is 1. The van der Waals surface area contributed by atoms with Crippen LogP contribution in [0.1, 0.15) is 29.7 Å². The first-order valence-electron chi connectivity index (χ1n) is 4.96. The lowest BCUT2D eigenvalue weighted by atomic mass is 10.2. The van der Waals surface area contributed by atoms with Gasteiger partial charge < -0.3 is 10.1 Å². The number of anilines is 1. The fraction of sp³-hybridized carbons (Fsp3) is 0.500. The Balaban J connectivity index is 3.22. The Morgan fingerprint density at radius 1 is 1.50 bits per heavy atom. The predicted molar refractivity (Wildman–Crippen MR) is 64.6 cm³/mol. The molecule has 0 radical (unpaired) electrons. The van der Waals surface area contributed by atoms with E-state index in [1.54, 1.807) is 7.05 Å². The first kappa shape index (κ1) is 12.9. The number of halogens is 1. The molecule has 6 heteroatoms. The van der Waals surface area contributed by atoms with Crippen LogP contribution in [0.5, 0.6) is 0 Å². The summed E-state index contributed by atoms with van der Waals surface area (Å²) in [6.45, 7) is 2.05. The van der Waals surface area contributed by atoms with Crippen LogP contribution in [0.15, 0.2) is 4.47 Å². The predicted octanol–water partition coefficient (Wildman–Crippen LogP) is 2.02. The van der Waals surface area contributed by atoms with Gasteiger partial charge in [0.1, 0.15) is 5.82 Å². The molecule has 0 saturated heterocycles. The third kappa shape index (κ3) is 2.69. The van der Waals surface area contributed by atoms with Gasteiger partial charge in [-0.25, -0.2) is 14.8 Å². The number of rotatable bonds is 4. The molecule has 0 saturated carbocycles. The van der Waals surface area contributed by atoms with E-state index in [-0.39, 0.29) is 5.82 Å². The van der Waals surface area contributed by atoms with E-state index in [0.29, 0.717) is 5.82 Å². The van der Waals surface area contributed by atoms with Crippen molar-refractivity contribution >= 4 is 27.7 Å². The second kappa shape index (κ2) is 5.79. The Morgan fingerprint density at radius 3 is 2.69 bits per heavy atom. The number of aryl methyl sites for hydroxylation is 1. The maximum atomic E-state index is 11.4. The van der Waals surface area contributed by atoms with Crippen LogP contribution in [0.2, 0.25) is 0 Å². The molecule has 0 bridgehead atoms. The first-order valence-corrected chi connectivity index (χ1v) is 5.75. The van der Waals surface area contributed by atoms with Crippen LogP contribution in [0.3, 0.4) is 0 Å². The second-order valence-electron chi connectivity index (χ2n) is 3.15. The number of carbonyl (C=O) groups is 1. The Labute approximate surface area is 103 Å². The highest BCUT2D eigenvalue weighted by molar-refractivity contribution is 9.10. The van der Waals surface area contributed by atoms with E-state index in [1.807, 2.05) is 6.92 Å². The molecule has 0 fully saturated rings. The Kier molecular flexibility index (Phi) is 4.67. The maximum Gasteiger partial charge on any atom is 0.376 e. The van der Waals surface area contributed by atoms with Gasteiger partial charge >= 0.3 is 5.97 Å². The number of nitrogens with zero attached hydrogens (tertiary/aromatic N) is 2. The first-order chi connectivity index (χ1) is 7.63. The Hall–Kier alpha value is -1.17. The summed E-state index contributed by atoms with van der Waals surface area (Å²) in [6, 6.07) is 0. The normalized spacial score (nSPS) is 10.0. The van der Waals surface area contributed by atoms with Crippen molar-refractivity contribution in [3.8, 4) is 0 Å². The minimum atomic E-state index is -0.527. The van der Waals surface area contributed by atoms with Crippen LogP contribution >= 0.6 is 15.9 Å². The van der Waals surface area contributed by atoms with Gasteiger partial charge in [-0.1, -0.05) is 13.3 Å². The van der Waals surface area contributed by atoms with E-state index in [0.717, 1.165) is 23.0 Å². The average molecular weight is 288 g/mol. The molecular weight excluding hydrogens is 274 g/mol. The molecule has 1 aromatic heterocycles. The molecule has 0 aliphatic heterocycles. The lowest BCUT2D eigenvalue weighted by Crippen LogP contribution is -2.12. The van der Waals surface area contributed by atoms with E-state index in [2.05, 4.69) is 36.0 Å². The molecule has 1 N–H and O–H groups in total. The van der Waals surface area contributed by atoms with Crippen molar-refractivity contribution in [2.45, 2.75) is 19.8 Å². The quantitative estimate of drug-likeness (QED) is 0.859. The largest absolute Gasteiger partial charge is 0.463 e. The summed E-state index contributed by atoms with van der Waals surface area (Å²) in [5.41, 5.74) is 0.808. The van der Waals surface area contributed by atoms with Crippen LogP contribution < -0.4 is 5.32 Å². The number of methoxy groups -OCH3 is 1. The van der Waals surface area contributed by atoms with Crippen LogP contribution in [0, 0.1) is 0 Å². The topological polar surface area (TPSA) is 64.1 Å². The van der Waals surface area contributed by atoms with Gasteiger partial charge in [0, 0.05) is 7.05 Å². The minimum absolute atomic E-state index is 0.0819. The summed E-state index contributed by atoms with van der Waals surface area (Å²) in [5.74, 6) is 0.152. The van der Waals surface area contributed by atoms with Crippen LogP contribution in [-0.2, 0) is 11.2 Å². The minimum Gasteiger partial charge on any atom is -0.463 e. The van der Waals surface area contributed by atoms with E-state index >= 15 is 0 Å². The van der Waals surface area contributed by atoms with Gasteiger partial charge in [0.25, 0.3) is 0 Å². The zero-order valence-corrected chi connectivity index (χ0v) is 11.1. The SMILES string of the molecule is CCCc1nc(C(=O)OC)nc(NC)c1Br. The van der Waals surface area contributed by atoms with E-state index in [4.69, 9.17) is 0 Å². The molecule has 1 rings (SSSR count). The highest BCUT2D eigenvalue weighted by atomic mass is 79.9. The molecule has 0 amide bonds. The van der Waals surface area contributed by atoms with Crippen molar-refractivity contribution < 1.29 is 9.53 Å². The fourth-order valence-corrected chi connectivity index (χ4v) is 1.82. The zero-order chi connectivity index (χ0) is 12.1. The molecular formula is C10H14BrN3O2. The smallest absolute Gasteiger partial charge is 0.376 e. The van der Waals surface area contributed by atoms with Gasteiger partial charge in [-0.2, -0.15) is 0 Å². The number of nitrogens with one attached hydrogen (secondary N) is 1. The standard InChI is InChI=1S/C10H14BrN3O2/c1-4-5-6-7(11)8(12-2)14-9(13-6)10(15)16-3/h4-5H2,1-3H3,(H,12,13,14). The third-order valence-corrected chi connectivity index (χ3v) is 2.84. The van der Waals surface area contributed by atoms with Crippen LogP contribution in [0.4, 0.5) is 5.82 Å². The molecule has 0 atom stereocenters. The summed E-state index contributed by atoms with van der Waals surface area (Å²) in [4.78, 5) is 19.6. The molecule has 1 aromatic rings. The summed E-state index contributed by atoms with van der Waals surface area (Å²) in [5, 5.41) is 2.91. The summed E-state index contributed by atoms with van der Waals surface area (Å²) >= 11 is 3.41. The van der Waals surface area contributed by atoms with E-state index in [1.165, 1.54) is 7.11 Å². The molecule has 0 unspecified atom stereocenters. The van der Waals surface area contributed by atoms with Gasteiger partial charge in [-0.05, 0) is 22.4 Å². The van der Waals surface area contributed by atoms with Crippen molar-refractivity contribution in [3.63, 3.8) is 0 Å². The van der Waals surface area contributed by atoms with Crippen LogP contribution in [-0.4, -0.2) is 30.1 Å². The maximum absolute atomic E-state index is 11.4. The molecule has 0 aliphatic carbocycles. The van der Waals surface area contributed by atoms with Gasteiger partial charge in [-0.15, -0.1) is 0 Å². The summed E-state index contributed by atoms with van der Waals surface area (Å²) in [7, 11) is 3.05. The monoisotopic (exact) mass is 287 g/mol. The molecule has 5 nitrogen and oxygen atoms in total. The average Bonchev–Trinajstić information content (AvgIpc) is 2.31. The van der Waals surface area contributed by atoms with E-state index in [9.17, 15) is 4.79 Å². The van der Waals surface area contributed by atoms with Crippen molar-refractivity contribution in [1.29, 1.82) is 0 Å². The lowest BCUT2D eigenvalue weighted by molar-refractivity contribution is 0.0586. The highest BCUT2D eigenvalue weighted by Crippen LogP contribution is 2.24. The van der Waals surface area contributed by atoms with Crippen molar-refractivity contribution in [2.24, 2.45) is 0 Å². The fourth-order valence-electron chi connectivity index (χ4n) is 1.24. The number of hydrogen-bond acceptors (Lipinski definition) is 5. The Morgan fingerprint density at radius 2 is 2.19 bits per heavy atom. The second-order valence-corrected chi connectivity index (χ2v) is 3.94. The molecule has 0 spiro atoms. The summed E-state index contributed by atoms with van der Waals surface area (Å²) in [6.07, 6.45) is 1.72. The van der Waals surface area contributed by atoms with Crippen molar-refractivity contribution in [3.05, 3.63) is 16.0 Å².